The molecule has 0 spiro atoms. The molecule has 0 fully saturated rings. The van der Waals surface area contributed by atoms with Crippen molar-refractivity contribution in [3.63, 3.8) is 0 Å². The molecule has 2 aromatic carbocycles. The number of rotatable bonds is 1. The van der Waals surface area contributed by atoms with Crippen LogP contribution in [0.2, 0.25) is 4.44 Å². The van der Waals surface area contributed by atoms with Crippen LogP contribution in [0.15, 0.2) is 52.3 Å². The van der Waals surface area contributed by atoms with E-state index in [2.05, 4.69) is 51.8 Å². The summed E-state index contributed by atoms with van der Waals surface area (Å²) in [6, 6.07) is 15.5. The summed E-state index contributed by atoms with van der Waals surface area (Å²) in [5, 5.41) is 3.56. The predicted octanol–water partition coefficient (Wildman–Crippen LogP) is 2.99. The first-order valence-corrected chi connectivity index (χ1v) is 11.7. The summed E-state index contributed by atoms with van der Waals surface area (Å²) in [5.41, 5.74) is 2.55. The molecular formula is C14H11NSSn. The van der Waals surface area contributed by atoms with Crippen LogP contribution >= 0.6 is 11.8 Å². The van der Waals surface area contributed by atoms with E-state index in [1.807, 2.05) is 11.8 Å². The molecule has 0 unspecified atom stereocenters. The molecule has 1 N–H and O–H groups in total. The molecule has 1 nitrogen and oxygen atoms in total. The van der Waals surface area contributed by atoms with Crippen LogP contribution in [0.5, 0.6) is 0 Å². The van der Waals surface area contributed by atoms with E-state index in [0.29, 0.717) is 0 Å². The molecule has 0 saturated heterocycles. The molecule has 3 heteroatoms. The van der Waals surface area contributed by atoms with Gasteiger partial charge in [0.2, 0.25) is 0 Å². The van der Waals surface area contributed by atoms with E-state index < -0.39 is 19.3 Å². The van der Waals surface area contributed by atoms with Crippen molar-refractivity contribution in [1.29, 1.82) is 0 Å². The fraction of sp³-hybridized carbons (Fsp3) is 0.0714. The van der Waals surface area contributed by atoms with Gasteiger partial charge in [-0.25, -0.2) is 0 Å². The first-order valence-electron chi connectivity index (χ1n) is 5.77. The maximum atomic E-state index is 3.56. The fourth-order valence-electron chi connectivity index (χ4n) is 2.13. The number of hydrogen-bond donors (Lipinski definition) is 1. The average Bonchev–Trinajstić information content (AvgIpc) is 3.20. The van der Waals surface area contributed by atoms with E-state index in [9.17, 15) is 0 Å². The molecule has 82 valence electrons. The quantitative estimate of drug-likeness (QED) is 0.682. The monoisotopic (exact) mass is 345 g/mol. The summed E-state index contributed by atoms with van der Waals surface area (Å²) >= 11 is 0.748. The van der Waals surface area contributed by atoms with Crippen molar-refractivity contribution in [3.8, 4) is 0 Å². The zero-order chi connectivity index (χ0) is 11.2. The second-order valence-electron chi connectivity index (χ2n) is 4.37. The van der Waals surface area contributed by atoms with Crippen LogP contribution in [0.4, 0.5) is 11.4 Å². The van der Waals surface area contributed by atoms with Gasteiger partial charge in [0.25, 0.3) is 0 Å². The number of para-hydroxylation sites is 1. The maximum absolute atomic E-state index is 3.56. The molecule has 0 radical (unpaired) electrons. The summed E-state index contributed by atoms with van der Waals surface area (Å²) in [4.78, 5) is 2.69. The van der Waals surface area contributed by atoms with Crippen molar-refractivity contribution in [2.24, 2.45) is 0 Å². The van der Waals surface area contributed by atoms with E-state index in [1.165, 1.54) is 25.6 Å². The van der Waals surface area contributed by atoms with Gasteiger partial charge in [0.15, 0.2) is 0 Å². The van der Waals surface area contributed by atoms with Gasteiger partial charge in [0, 0.05) is 0 Å². The Bertz CT molecular complexity index is 648. The van der Waals surface area contributed by atoms with Crippen molar-refractivity contribution in [1.82, 2.24) is 0 Å². The summed E-state index contributed by atoms with van der Waals surface area (Å²) in [7, 11) is 0. The number of anilines is 2. The molecule has 2 aliphatic rings. The van der Waals surface area contributed by atoms with Crippen LogP contribution in [-0.2, 0) is 0 Å². The minimum atomic E-state index is -1.12. The van der Waals surface area contributed by atoms with Gasteiger partial charge in [-0.05, 0) is 0 Å². The third kappa shape index (κ3) is 1.83. The Morgan fingerprint density at radius 2 is 1.82 bits per heavy atom. The van der Waals surface area contributed by atoms with Crippen molar-refractivity contribution in [2.75, 3.05) is 5.32 Å². The molecule has 2 aromatic rings. The van der Waals surface area contributed by atoms with Gasteiger partial charge in [0.1, 0.15) is 0 Å². The van der Waals surface area contributed by atoms with Crippen LogP contribution in [0.1, 0.15) is 0 Å². The first-order chi connectivity index (χ1) is 8.40. The van der Waals surface area contributed by atoms with Crippen molar-refractivity contribution in [2.45, 2.75) is 14.2 Å². The molecule has 17 heavy (non-hydrogen) atoms. The van der Waals surface area contributed by atoms with Crippen LogP contribution in [0.3, 0.4) is 0 Å². The van der Waals surface area contributed by atoms with E-state index >= 15 is 0 Å². The zero-order valence-electron chi connectivity index (χ0n) is 9.23. The normalized spacial score (nSPS) is 15.4. The van der Waals surface area contributed by atoms with E-state index in [1.54, 1.807) is 3.58 Å². The number of fused-ring (bicyclic) bond motifs is 2. The van der Waals surface area contributed by atoms with Gasteiger partial charge in [-0.1, -0.05) is 0 Å². The van der Waals surface area contributed by atoms with Crippen LogP contribution in [-0.4, -0.2) is 23.3 Å². The third-order valence-electron chi connectivity index (χ3n) is 3.13. The Labute approximate surface area is 111 Å². The Morgan fingerprint density at radius 3 is 2.71 bits per heavy atom. The Kier molecular flexibility index (Phi) is 2.33. The van der Waals surface area contributed by atoms with Crippen molar-refractivity contribution >= 4 is 50.0 Å². The Balaban J connectivity index is 1.80. The molecule has 0 saturated carbocycles. The van der Waals surface area contributed by atoms with Gasteiger partial charge in [-0.15, -0.1) is 0 Å². The zero-order valence-corrected chi connectivity index (χ0v) is 12.9. The fourth-order valence-corrected chi connectivity index (χ4v) is 8.47. The molecule has 2 aliphatic heterocycles. The molecule has 4 rings (SSSR count). The van der Waals surface area contributed by atoms with Gasteiger partial charge < -0.3 is 0 Å². The van der Waals surface area contributed by atoms with Crippen LogP contribution < -0.4 is 8.90 Å². The molecule has 0 bridgehead atoms. The Morgan fingerprint density at radius 1 is 1.00 bits per heavy atom. The number of nitrogens with one attached hydrogen (secondary N) is 1. The van der Waals surface area contributed by atoms with Gasteiger partial charge in [-0.3, -0.25) is 0 Å². The standard InChI is InChI=1S/C12H8NS.C2H3.Sn/c1-3-7-11-9(5-1)13-10-6-2-4-8-12(10)14-11;1-2;/h1,3-8,13H;1H,2H2;. The predicted molar refractivity (Wildman–Crippen MR) is 76.5 cm³/mol. The number of benzene rings is 2. The molecule has 2 heterocycles. The summed E-state index contributed by atoms with van der Waals surface area (Å²) in [6.07, 6.45) is 0. The SMILES string of the molecule is [CH]1=[Sn]([c]2ccc3c(c2)Nc2ccccc2S3)[CH2]1. The summed E-state index contributed by atoms with van der Waals surface area (Å²) in [5.74, 6) is 0. The van der Waals surface area contributed by atoms with Crippen molar-refractivity contribution in [3.05, 3.63) is 42.5 Å². The second-order valence-corrected chi connectivity index (χ2v) is 12.4. The molecule has 0 aromatic heterocycles. The van der Waals surface area contributed by atoms with Gasteiger partial charge in [-0.2, -0.15) is 0 Å². The minimum absolute atomic E-state index is 1.12. The van der Waals surface area contributed by atoms with Gasteiger partial charge >= 0.3 is 112 Å². The van der Waals surface area contributed by atoms with Crippen LogP contribution in [0, 0.1) is 0 Å². The molecular weight excluding hydrogens is 333 g/mol. The second kappa shape index (κ2) is 3.88. The first kappa shape index (κ1) is 10.2. The van der Waals surface area contributed by atoms with Crippen LogP contribution in [0.25, 0.3) is 0 Å². The number of hydrogen-bond acceptors (Lipinski definition) is 2. The molecule has 0 atom stereocenters. The summed E-state index contributed by atoms with van der Waals surface area (Å²) < 4.78 is 5.62. The van der Waals surface area contributed by atoms with E-state index in [0.717, 1.165) is 0 Å². The van der Waals surface area contributed by atoms with E-state index in [-0.39, 0.29) is 0 Å². The Hall–Kier alpha value is -0.741. The molecule has 0 amide bonds. The molecule has 0 aliphatic carbocycles. The van der Waals surface area contributed by atoms with Gasteiger partial charge in [0.05, 0.1) is 0 Å². The van der Waals surface area contributed by atoms with Crippen molar-refractivity contribution < 1.29 is 0 Å². The summed E-state index contributed by atoms with van der Waals surface area (Å²) in [6.45, 7) is 0. The third-order valence-corrected chi connectivity index (χ3v) is 9.62. The average molecular weight is 344 g/mol. The topological polar surface area (TPSA) is 12.0 Å². The van der Waals surface area contributed by atoms with E-state index in [4.69, 9.17) is 0 Å².